The third-order valence-electron chi connectivity index (χ3n) is 6.91. The Morgan fingerprint density at radius 2 is 1.59 bits per heavy atom. The fourth-order valence-corrected chi connectivity index (χ4v) is 7.29. The molecule has 1 rings (SSSR count). The van der Waals surface area contributed by atoms with Crippen molar-refractivity contribution >= 4 is 26.6 Å². The Morgan fingerprint density at radius 3 is 2.35 bits per heavy atom. The zero-order valence-corrected chi connectivity index (χ0v) is 25.1. The molecule has 0 amide bonds. The van der Waals surface area contributed by atoms with Crippen molar-refractivity contribution in [2.45, 2.75) is 142 Å². The maximum atomic E-state index is 12.0. The van der Waals surface area contributed by atoms with Gasteiger partial charge in [-0.05, 0) is 57.7 Å². The highest BCUT2D eigenvalue weighted by Crippen LogP contribution is 2.16. The predicted octanol–water partition coefficient (Wildman–Crippen LogP) is 7.48. The second-order valence-electron chi connectivity index (χ2n) is 10.2. The van der Waals surface area contributed by atoms with E-state index in [1.54, 1.807) is 11.8 Å². The van der Waals surface area contributed by atoms with E-state index in [0.29, 0.717) is 18.0 Å². The van der Waals surface area contributed by atoms with E-state index in [1.165, 1.54) is 115 Å². The second-order valence-corrected chi connectivity index (χ2v) is 13.4. The molecule has 0 aromatic carbocycles. The minimum absolute atomic E-state index is 0.0943. The van der Waals surface area contributed by atoms with Crippen LogP contribution < -0.4 is 0 Å². The predicted molar refractivity (Wildman–Crippen MR) is 153 cm³/mol. The lowest BCUT2D eigenvalue weighted by Gasteiger charge is -2.28. The number of unbranched alkanes of at least 4 members (excludes halogenated alkanes) is 11. The molecule has 0 spiro atoms. The minimum Gasteiger partial charge on any atom is -0.355 e. The summed E-state index contributed by atoms with van der Waals surface area (Å²) in [6, 6.07) is 1.41. The Bertz CT molecular complexity index is 455. The Morgan fingerprint density at radius 1 is 0.882 bits per heavy atom. The molecule has 6 heteroatoms. The minimum atomic E-state index is -0.0943. The summed E-state index contributed by atoms with van der Waals surface area (Å²) in [4.78, 5) is 12.0. The monoisotopic (exact) mass is 515 g/mol. The summed E-state index contributed by atoms with van der Waals surface area (Å²) in [7, 11) is -0.0943. The molecule has 1 aliphatic rings. The van der Waals surface area contributed by atoms with E-state index in [-0.39, 0.29) is 9.68 Å². The van der Waals surface area contributed by atoms with Gasteiger partial charge in [-0.25, -0.2) is 0 Å². The van der Waals surface area contributed by atoms with Crippen LogP contribution in [0.5, 0.6) is 0 Å². The van der Waals surface area contributed by atoms with E-state index < -0.39 is 0 Å². The Hall–Kier alpha value is 0.117. The van der Waals surface area contributed by atoms with Crippen molar-refractivity contribution in [3.8, 4) is 0 Å². The first-order valence-electron chi connectivity index (χ1n) is 14.8. The van der Waals surface area contributed by atoms with Gasteiger partial charge in [0.05, 0.1) is 15.8 Å². The topological polar surface area (TPSA) is 38.8 Å². The first kappa shape index (κ1) is 32.1. The quantitative estimate of drug-likeness (QED) is 0.0848. The van der Waals surface area contributed by atoms with Gasteiger partial charge in [0.15, 0.2) is 5.12 Å². The second kappa shape index (κ2) is 24.8. The van der Waals surface area contributed by atoms with Crippen LogP contribution in [-0.4, -0.2) is 57.7 Å². The molecule has 202 valence electrons. The van der Waals surface area contributed by atoms with Gasteiger partial charge >= 0.3 is 0 Å². The highest BCUT2D eigenvalue weighted by Gasteiger charge is 2.16. The van der Waals surface area contributed by atoms with Crippen molar-refractivity contribution in [2.24, 2.45) is 0 Å². The average molecular weight is 516 g/mol. The van der Waals surface area contributed by atoms with Crippen LogP contribution in [0.2, 0.25) is 6.04 Å². The fourth-order valence-electron chi connectivity index (χ4n) is 4.61. The largest absolute Gasteiger partial charge is 0.355 e. The molecule has 0 radical (unpaired) electrons. The third-order valence-corrected chi connectivity index (χ3v) is 10.0. The number of carbonyl (C=O) groups excluding carboxylic acids is 1. The summed E-state index contributed by atoms with van der Waals surface area (Å²) >= 11 is 1.57. The molecule has 0 aliphatic carbocycles. The van der Waals surface area contributed by atoms with Gasteiger partial charge in [-0.1, -0.05) is 96.2 Å². The summed E-state index contributed by atoms with van der Waals surface area (Å²) in [6.45, 7) is 8.24. The van der Waals surface area contributed by atoms with Crippen LogP contribution in [0.15, 0.2) is 0 Å². The Balaban J connectivity index is 1.98. The van der Waals surface area contributed by atoms with Crippen LogP contribution in [-0.2, 0) is 14.3 Å². The summed E-state index contributed by atoms with van der Waals surface area (Å²) in [5, 5.41) is 0.409. The lowest BCUT2D eigenvalue weighted by molar-refractivity contribution is -0.111. The van der Waals surface area contributed by atoms with Gasteiger partial charge in [0.2, 0.25) is 0 Å². The molecule has 4 nitrogen and oxygen atoms in total. The van der Waals surface area contributed by atoms with Crippen LogP contribution in [0.3, 0.4) is 0 Å². The van der Waals surface area contributed by atoms with Crippen molar-refractivity contribution in [3.63, 3.8) is 0 Å². The van der Waals surface area contributed by atoms with Gasteiger partial charge < -0.3 is 14.0 Å². The number of carbonyl (C=O) groups is 1. The summed E-state index contributed by atoms with van der Waals surface area (Å²) in [5.41, 5.74) is 0. The molecule has 0 N–H and O–H groups in total. The van der Waals surface area contributed by atoms with Gasteiger partial charge in [0.1, 0.15) is 6.79 Å². The van der Waals surface area contributed by atoms with Crippen LogP contribution in [0.25, 0.3) is 0 Å². The molecular weight excluding hydrogens is 458 g/mol. The molecular formula is C28H57NO3SSi. The van der Waals surface area contributed by atoms with E-state index in [0.717, 1.165) is 31.6 Å². The smallest absolute Gasteiger partial charge is 0.188 e. The van der Waals surface area contributed by atoms with Gasteiger partial charge in [0.25, 0.3) is 0 Å². The number of ether oxygens (including phenoxy) is 2. The van der Waals surface area contributed by atoms with Crippen molar-refractivity contribution in [1.82, 2.24) is 4.57 Å². The first-order valence-corrected chi connectivity index (χ1v) is 17.4. The van der Waals surface area contributed by atoms with Crippen LogP contribution >= 0.6 is 11.8 Å². The maximum absolute atomic E-state index is 12.0. The number of nitrogens with zero attached hydrogens (tertiary/aromatic N) is 1. The van der Waals surface area contributed by atoms with E-state index in [9.17, 15) is 4.79 Å². The van der Waals surface area contributed by atoms with Crippen molar-refractivity contribution in [1.29, 1.82) is 0 Å². The molecule has 0 aromatic rings. The summed E-state index contributed by atoms with van der Waals surface area (Å²) < 4.78 is 14.6. The lowest BCUT2D eigenvalue weighted by Crippen LogP contribution is -2.34. The van der Waals surface area contributed by atoms with E-state index in [1.807, 2.05) is 0 Å². The third kappa shape index (κ3) is 20.3. The molecule has 0 aromatic heterocycles. The SMILES string of the molecule is CCCCCCCCCOCOC1CCC[SiH2]N(CCCCSC(=O)CCCCCCC)CC1. The summed E-state index contributed by atoms with van der Waals surface area (Å²) in [6.07, 6.45) is 22.7. The molecule has 1 aliphatic heterocycles. The van der Waals surface area contributed by atoms with E-state index in [4.69, 9.17) is 9.47 Å². The normalized spacial score (nSPS) is 18.2. The number of hydrogen-bond acceptors (Lipinski definition) is 5. The zero-order valence-electron chi connectivity index (χ0n) is 22.8. The molecule has 1 saturated heterocycles. The van der Waals surface area contributed by atoms with Gasteiger partial charge in [-0.3, -0.25) is 4.79 Å². The molecule has 1 unspecified atom stereocenters. The molecule has 0 bridgehead atoms. The number of rotatable bonds is 22. The lowest BCUT2D eigenvalue weighted by atomic mass is 10.1. The van der Waals surface area contributed by atoms with Crippen LogP contribution in [0, 0.1) is 0 Å². The Labute approximate surface area is 219 Å². The molecule has 1 heterocycles. The van der Waals surface area contributed by atoms with E-state index in [2.05, 4.69) is 18.4 Å². The van der Waals surface area contributed by atoms with Crippen LogP contribution in [0.1, 0.15) is 129 Å². The van der Waals surface area contributed by atoms with Crippen molar-refractivity contribution < 1.29 is 14.3 Å². The summed E-state index contributed by atoms with van der Waals surface area (Å²) in [5.74, 6) is 1.00. The molecule has 34 heavy (non-hydrogen) atoms. The average Bonchev–Trinajstić information content (AvgIpc) is 2.82. The van der Waals surface area contributed by atoms with Crippen LogP contribution in [0.4, 0.5) is 0 Å². The van der Waals surface area contributed by atoms with Crippen molar-refractivity contribution in [2.75, 3.05) is 32.2 Å². The fraction of sp³-hybridized carbons (Fsp3) is 0.964. The standard InChI is InChI=1S/C28H57NO3SSi/c1-3-5-7-9-10-12-15-23-31-26-32-27-18-17-25-34-29(22-20-27)21-14-16-24-33-28(30)19-13-11-8-6-4-2/h27H,3-26,34H2,1-2H3. The molecule has 0 saturated carbocycles. The maximum Gasteiger partial charge on any atom is 0.188 e. The highest BCUT2D eigenvalue weighted by molar-refractivity contribution is 8.13. The Kier molecular flexibility index (Phi) is 23.4. The molecule has 1 fully saturated rings. The van der Waals surface area contributed by atoms with Gasteiger partial charge in [-0.2, -0.15) is 0 Å². The van der Waals surface area contributed by atoms with E-state index >= 15 is 0 Å². The van der Waals surface area contributed by atoms with Gasteiger partial charge in [-0.15, -0.1) is 0 Å². The highest BCUT2D eigenvalue weighted by atomic mass is 32.2. The first-order chi connectivity index (χ1) is 16.8. The zero-order chi connectivity index (χ0) is 24.5. The number of thioether (sulfide) groups is 1. The molecule has 1 atom stereocenters. The van der Waals surface area contributed by atoms with Gasteiger partial charge in [0, 0.05) is 18.8 Å². The van der Waals surface area contributed by atoms with Crippen molar-refractivity contribution in [3.05, 3.63) is 0 Å². The number of hydrogen-bond donors (Lipinski definition) is 0.